The SMILES string of the molecule is CC1(C)C=C2[C@H]3CC[C@@H]4[C@@]5(C)CC[C@H](O[C@@H]6O[C@H](CO)[C@@H](O)[C@H](O)[C@H]6O[C@@H]6O[C@H](CO)[C@@H](O)[C@H](O)[C@H]6O)C(C)(C)[C@@H]5CC[C@@]4(C)[C@]3(C(=O)O)CC[C@@]2(C(=O)O)CC1. The molecule has 324 valence electrons. The molecule has 2 aliphatic heterocycles. The smallest absolute Gasteiger partial charge is 0.313 e. The lowest BCUT2D eigenvalue weighted by Crippen LogP contribution is -2.69. The predicted octanol–water partition coefficient (Wildman–Crippen LogP) is 1.95. The average Bonchev–Trinajstić information content (AvgIpc) is 3.14. The van der Waals surface area contributed by atoms with Crippen molar-refractivity contribution in [2.24, 2.45) is 50.2 Å². The molecule has 0 aromatic carbocycles. The lowest BCUT2D eigenvalue weighted by molar-refractivity contribution is -0.378. The lowest BCUT2D eigenvalue weighted by atomic mass is 9.32. The van der Waals surface area contributed by atoms with Crippen molar-refractivity contribution in [2.45, 2.75) is 173 Å². The van der Waals surface area contributed by atoms with E-state index in [0.29, 0.717) is 51.4 Å². The summed E-state index contributed by atoms with van der Waals surface area (Å²) in [5.41, 5.74) is -3.04. The van der Waals surface area contributed by atoms with Crippen molar-refractivity contribution < 1.29 is 74.5 Å². The summed E-state index contributed by atoms with van der Waals surface area (Å²) in [7, 11) is 0. The second-order valence-corrected chi connectivity index (χ2v) is 20.4. The number of hydrogen-bond acceptors (Lipinski definition) is 13. The van der Waals surface area contributed by atoms with E-state index in [4.69, 9.17) is 18.9 Å². The number of carboxylic acid groups (broad SMARTS) is 2. The number of aliphatic carboxylic acids is 2. The van der Waals surface area contributed by atoms with Crippen molar-refractivity contribution in [3.8, 4) is 0 Å². The van der Waals surface area contributed by atoms with Crippen LogP contribution in [0.3, 0.4) is 0 Å². The zero-order chi connectivity index (χ0) is 41.8. The van der Waals surface area contributed by atoms with Gasteiger partial charge in [0.15, 0.2) is 12.6 Å². The quantitative estimate of drug-likeness (QED) is 0.126. The van der Waals surface area contributed by atoms with Crippen molar-refractivity contribution in [1.29, 1.82) is 0 Å². The topological polar surface area (TPSA) is 253 Å². The molecule has 6 fully saturated rings. The van der Waals surface area contributed by atoms with E-state index in [1.54, 1.807) is 0 Å². The van der Waals surface area contributed by atoms with Crippen LogP contribution in [-0.4, -0.2) is 139 Å². The maximum Gasteiger partial charge on any atom is 0.313 e. The molecule has 0 unspecified atom stereocenters. The molecule has 0 amide bonds. The number of carbonyl (C=O) groups is 2. The highest BCUT2D eigenvalue weighted by molar-refractivity contribution is 5.83. The maximum atomic E-state index is 14.0. The summed E-state index contributed by atoms with van der Waals surface area (Å²) in [5, 5.41) is 95.5. The molecule has 4 saturated carbocycles. The average molecular weight is 811 g/mol. The summed E-state index contributed by atoms with van der Waals surface area (Å²) in [5.74, 6) is -1.98. The number of fused-ring (bicyclic) bond motifs is 7. The molecule has 0 aromatic heterocycles. The lowest BCUT2D eigenvalue weighted by Gasteiger charge is -2.71. The fourth-order valence-corrected chi connectivity index (χ4v) is 13.9. The molecule has 15 heteroatoms. The highest BCUT2D eigenvalue weighted by Crippen LogP contribution is 2.76. The minimum absolute atomic E-state index is 0.0230. The fraction of sp³-hybridized carbons (Fsp3) is 0.905. The van der Waals surface area contributed by atoms with Crippen LogP contribution in [0.5, 0.6) is 0 Å². The third-order valence-electron chi connectivity index (χ3n) is 17.0. The summed E-state index contributed by atoms with van der Waals surface area (Å²) >= 11 is 0. The van der Waals surface area contributed by atoms with Gasteiger partial charge < -0.3 is 64.9 Å². The molecule has 15 nitrogen and oxygen atoms in total. The Morgan fingerprint density at radius 3 is 1.89 bits per heavy atom. The van der Waals surface area contributed by atoms with Crippen molar-refractivity contribution >= 4 is 11.9 Å². The van der Waals surface area contributed by atoms with E-state index in [1.807, 2.05) is 0 Å². The van der Waals surface area contributed by atoms with Crippen molar-refractivity contribution in [3.05, 3.63) is 11.6 Å². The van der Waals surface area contributed by atoms with Crippen LogP contribution in [0.4, 0.5) is 0 Å². The van der Waals surface area contributed by atoms with Crippen LogP contribution in [0, 0.1) is 50.2 Å². The van der Waals surface area contributed by atoms with Gasteiger partial charge in [-0.2, -0.15) is 0 Å². The van der Waals surface area contributed by atoms with Crippen LogP contribution in [0.15, 0.2) is 11.6 Å². The first-order chi connectivity index (χ1) is 26.6. The van der Waals surface area contributed by atoms with Crippen molar-refractivity contribution in [3.63, 3.8) is 0 Å². The number of ether oxygens (including phenoxy) is 4. The summed E-state index contributed by atoms with van der Waals surface area (Å²) in [4.78, 5) is 27.0. The molecule has 0 radical (unpaired) electrons. The molecular weight excluding hydrogens is 744 g/mol. The van der Waals surface area contributed by atoms with Gasteiger partial charge in [-0.1, -0.05) is 53.2 Å². The largest absolute Gasteiger partial charge is 0.481 e. The van der Waals surface area contributed by atoms with Gasteiger partial charge in [-0.25, -0.2) is 0 Å². The summed E-state index contributed by atoms with van der Waals surface area (Å²) in [6.07, 6.45) is -8.16. The Balaban J connectivity index is 1.17. The molecule has 2 saturated heterocycles. The van der Waals surface area contributed by atoms with Gasteiger partial charge in [0, 0.05) is 0 Å². The first kappa shape index (κ1) is 43.3. The van der Waals surface area contributed by atoms with Crippen LogP contribution < -0.4 is 0 Å². The second kappa shape index (κ2) is 14.7. The first-order valence-electron chi connectivity index (χ1n) is 21.0. The van der Waals surface area contributed by atoms with Gasteiger partial charge in [-0.3, -0.25) is 9.59 Å². The Bertz CT molecular complexity index is 1580. The standard InChI is InChI=1S/C42H66O15/c1-37(2)13-14-41(35(50)51)15-16-42(36(52)53)20(21(41)17-37)7-8-25-39(5)11-10-26(38(3,4)24(39)9-12-40(25,42)6)56-34-32(30(48)28(46)23(19-44)55-34)57-33-31(49)29(47)27(45)22(18-43)54-33/h17,20,22-34,43-49H,7-16,18-19H2,1-6H3,(H,50,51)(H,52,53)/t20-,22-,23-,24+,25-,26+,27-,28-,29+,30+,31-,32-,33+,34+,39+,40-,41+,42-/m1/s1. The predicted molar refractivity (Wildman–Crippen MR) is 200 cm³/mol. The van der Waals surface area contributed by atoms with Gasteiger partial charge in [0.1, 0.15) is 48.8 Å². The van der Waals surface area contributed by atoms with Gasteiger partial charge in [-0.15, -0.1) is 0 Å². The van der Waals surface area contributed by atoms with Gasteiger partial charge in [0.05, 0.1) is 30.1 Å². The number of aliphatic hydroxyl groups is 7. The monoisotopic (exact) mass is 810 g/mol. The summed E-state index contributed by atoms with van der Waals surface area (Å²) in [6, 6.07) is 0. The fourth-order valence-electron chi connectivity index (χ4n) is 13.9. The number of rotatable bonds is 8. The third-order valence-corrected chi connectivity index (χ3v) is 17.0. The molecule has 18 atom stereocenters. The third kappa shape index (κ3) is 6.30. The van der Waals surface area contributed by atoms with Crippen LogP contribution in [0.1, 0.15) is 106 Å². The number of hydrogen-bond donors (Lipinski definition) is 9. The highest BCUT2D eigenvalue weighted by Gasteiger charge is 2.74. The van der Waals surface area contributed by atoms with E-state index in [-0.39, 0.29) is 28.6 Å². The summed E-state index contributed by atoms with van der Waals surface area (Å²) in [6.45, 7) is 11.5. The van der Waals surface area contributed by atoms with E-state index in [0.717, 1.165) is 18.4 Å². The molecule has 2 heterocycles. The number of aliphatic hydroxyl groups excluding tert-OH is 7. The maximum absolute atomic E-state index is 14.0. The molecular formula is C42H66O15. The van der Waals surface area contributed by atoms with E-state index < -0.39 is 114 Å². The molecule has 9 N–H and O–H groups in total. The minimum atomic E-state index is -1.79. The summed E-state index contributed by atoms with van der Waals surface area (Å²) < 4.78 is 24.3. The van der Waals surface area contributed by atoms with E-state index in [1.165, 1.54) is 0 Å². The zero-order valence-corrected chi connectivity index (χ0v) is 34.1. The Morgan fingerprint density at radius 1 is 0.667 bits per heavy atom. The normalized spacial score (nSPS) is 51.6. The Morgan fingerprint density at radius 2 is 1.28 bits per heavy atom. The Kier molecular flexibility index (Phi) is 11.2. The molecule has 7 rings (SSSR count). The number of allylic oxidation sites excluding steroid dienone is 1. The first-order valence-corrected chi connectivity index (χ1v) is 21.0. The number of carboxylic acids is 2. The van der Waals surface area contributed by atoms with Gasteiger partial charge in [-0.05, 0) is 104 Å². The van der Waals surface area contributed by atoms with E-state index in [9.17, 15) is 55.5 Å². The highest BCUT2D eigenvalue weighted by atomic mass is 16.8. The van der Waals surface area contributed by atoms with Crippen LogP contribution in [0.25, 0.3) is 0 Å². The van der Waals surface area contributed by atoms with Crippen LogP contribution in [-0.2, 0) is 28.5 Å². The van der Waals surface area contributed by atoms with Gasteiger partial charge >= 0.3 is 11.9 Å². The molecule has 0 bridgehead atoms. The Labute approximate surface area is 334 Å². The second-order valence-electron chi connectivity index (χ2n) is 20.4. The Hall–Kier alpha value is -1.76. The van der Waals surface area contributed by atoms with Gasteiger partial charge in [0.25, 0.3) is 0 Å². The van der Waals surface area contributed by atoms with Crippen molar-refractivity contribution in [2.75, 3.05) is 13.2 Å². The molecule has 0 spiro atoms. The molecule has 5 aliphatic carbocycles. The minimum Gasteiger partial charge on any atom is -0.481 e. The van der Waals surface area contributed by atoms with Crippen LogP contribution >= 0.6 is 0 Å². The van der Waals surface area contributed by atoms with E-state index >= 15 is 0 Å². The molecule has 7 aliphatic rings. The molecule has 0 aromatic rings. The zero-order valence-electron chi connectivity index (χ0n) is 34.1. The van der Waals surface area contributed by atoms with Crippen molar-refractivity contribution in [1.82, 2.24) is 0 Å². The van der Waals surface area contributed by atoms with Crippen LogP contribution in [0.2, 0.25) is 0 Å². The van der Waals surface area contributed by atoms with Gasteiger partial charge in [0.2, 0.25) is 0 Å². The van der Waals surface area contributed by atoms with E-state index in [2.05, 4.69) is 47.6 Å². The molecule has 57 heavy (non-hydrogen) atoms.